The van der Waals surface area contributed by atoms with E-state index in [1.54, 1.807) is 31.2 Å². The number of aryl methyl sites for hydroxylation is 1. The van der Waals surface area contributed by atoms with Crippen molar-refractivity contribution >= 4 is 27.5 Å². The number of carbonyl (C=O) groups is 2. The van der Waals surface area contributed by atoms with Crippen molar-refractivity contribution in [1.29, 1.82) is 0 Å². The van der Waals surface area contributed by atoms with Gasteiger partial charge in [-0.15, -0.1) is 0 Å². The highest BCUT2D eigenvalue weighted by Crippen LogP contribution is 2.30. The summed E-state index contributed by atoms with van der Waals surface area (Å²) < 4.78 is 32.6. The summed E-state index contributed by atoms with van der Waals surface area (Å²) in [6.07, 6.45) is 1.33. The number of para-hydroxylation sites is 2. The van der Waals surface area contributed by atoms with Crippen LogP contribution in [-0.2, 0) is 32.6 Å². The van der Waals surface area contributed by atoms with Gasteiger partial charge >= 0.3 is 0 Å². The zero-order valence-electron chi connectivity index (χ0n) is 23.0. The first-order valence-electron chi connectivity index (χ1n) is 13.0. The normalized spacial score (nSPS) is 11.9. The van der Waals surface area contributed by atoms with Gasteiger partial charge in [-0.1, -0.05) is 72.3 Å². The molecule has 0 aromatic heterocycles. The average Bonchev–Trinajstić information content (AvgIpc) is 2.90. The molecule has 208 valence electrons. The van der Waals surface area contributed by atoms with Gasteiger partial charge in [0.25, 0.3) is 0 Å². The Hall–Kier alpha value is -3.85. The third-order valence-corrected chi connectivity index (χ3v) is 7.30. The Labute approximate surface area is 231 Å². The maximum atomic E-state index is 14.1. The SMILES string of the molecule is CCNC(=O)[C@@H](Cc1ccccc1)N(Cc1cccc(C)c1)C(=O)CN(c1ccccc1OCC)S(C)(=O)=O. The summed E-state index contributed by atoms with van der Waals surface area (Å²) in [6, 6.07) is 23.0. The third kappa shape index (κ3) is 8.32. The Morgan fingerprint density at radius 2 is 1.59 bits per heavy atom. The third-order valence-electron chi connectivity index (χ3n) is 6.17. The maximum Gasteiger partial charge on any atom is 0.244 e. The van der Waals surface area contributed by atoms with Gasteiger partial charge in [-0.2, -0.15) is 0 Å². The predicted octanol–water partition coefficient (Wildman–Crippen LogP) is 3.94. The van der Waals surface area contributed by atoms with E-state index in [1.807, 2.05) is 68.4 Å². The lowest BCUT2D eigenvalue weighted by Gasteiger charge is -2.33. The number of likely N-dealkylation sites (N-methyl/N-ethyl adjacent to an activating group) is 1. The second kappa shape index (κ2) is 13.8. The molecule has 3 rings (SSSR count). The van der Waals surface area contributed by atoms with Crippen LogP contribution in [-0.4, -0.2) is 57.1 Å². The number of carbonyl (C=O) groups excluding carboxylic acids is 2. The van der Waals surface area contributed by atoms with Gasteiger partial charge in [0.1, 0.15) is 18.3 Å². The topological polar surface area (TPSA) is 96.0 Å². The number of nitrogens with zero attached hydrogens (tertiary/aromatic N) is 2. The van der Waals surface area contributed by atoms with Crippen molar-refractivity contribution in [2.75, 3.05) is 30.3 Å². The van der Waals surface area contributed by atoms with Crippen LogP contribution in [0.15, 0.2) is 78.9 Å². The summed E-state index contributed by atoms with van der Waals surface area (Å²) in [4.78, 5) is 28.9. The van der Waals surface area contributed by atoms with Crippen LogP contribution in [0.5, 0.6) is 5.75 Å². The highest BCUT2D eigenvalue weighted by Gasteiger charge is 2.33. The van der Waals surface area contributed by atoms with Gasteiger partial charge in [0.15, 0.2) is 0 Å². The molecule has 8 nitrogen and oxygen atoms in total. The van der Waals surface area contributed by atoms with E-state index >= 15 is 0 Å². The second-order valence-corrected chi connectivity index (χ2v) is 11.2. The largest absolute Gasteiger partial charge is 0.492 e. The second-order valence-electron chi connectivity index (χ2n) is 9.28. The summed E-state index contributed by atoms with van der Waals surface area (Å²) in [7, 11) is -3.88. The Morgan fingerprint density at radius 3 is 2.23 bits per heavy atom. The van der Waals surface area contributed by atoms with Crippen LogP contribution in [0.25, 0.3) is 0 Å². The minimum Gasteiger partial charge on any atom is -0.492 e. The molecule has 0 saturated carbocycles. The van der Waals surface area contributed by atoms with E-state index < -0.39 is 28.5 Å². The van der Waals surface area contributed by atoms with E-state index in [4.69, 9.17) is 4.74 Å². The van der Waals surface area contributed by atoms with E-state index in [2.05, 4.69) is 5.32 Å². The lowest BCUT2D eigenvalue weighted by atomic mass is 10.0. The van der Waals surface area contributed by atoms with Crippen LogP contribution in [0.1, 0.15) is 30.5 Å². The zero-order chi connectivity index (χ0) is 28.4. The van der Waals surface area contributed by atoms with E-state index in [0.29, 0.717) is 18.9 Å². The van der Waals surface area contributed by atoms with E-state index in [0.717, 1.165) is 27.3 Å². The van der Waals surface area contributed by atoms with Crippen LogP contribution in [0.2, 0.25) is 0 Å². The van der Waals surface area contributed by atoms with Crippen molar-refractivity contribution in [3.8, 4) is 5.75 Å². The first-order chi connectivity index (χ1) is 18.6. The molecule has 0 unspecified atom stereocenters. The molecule has 0 aliphatic carbocycles. The van der Waals surface area contributed by atoms with Crippen molar-refractivity contribution in [3.63, 3.8) is 0 Å². The van der Waals surface area contributed by atoms with Crippen molar-refractivity contribution in [2.24, 2.45) is 0 Å². The number of rotatable bonds is 13. The van der Waals surface area contributed by atoms with Gasteiger partial charge in [0.05, 0.1) is 18.6 Å². The predicted molar refractivity (Wildman–Crippen MR) is 154 cm³/mol. The molecule has 3 aromatic rings. The summed E-state index contributed by atoms with van der Waals surface area (Å²) >= 11 is 0. The van der Waals surface area contributed by atoms with E-state index in [-0.39, 0.29) is 24.6 Å². The quantitative estimate of drug-likeness (QED) is 0.347. The first kappa shape index (κ1) is 29.7. The van der Waals surface area contributed by atoms with Gasteiger partial charge in [-0.3, -0.25) is 13.9 Å². The number of hydrogen-bond donors (Lipinski definition) is 1. The fourth-order valence-corrected chi connectivity index (χ4v) is 5.24. The lowest BCUT2D eigenvalue weighted by Crippen LogP contribution is -2.53. The van der Waals surface area contributed by atoms with Crippen LogP contribution in [0.3, 0.4) is 0 Å². The van der Waals surface area contributed by atoms with Crippen molar-refractivity contribution in [3.05, 3.63) is 95.6 Å². The monoisotopic (exact) mass is 551 g/mol. The zero-order valence-corrected chi connectivity index (χ0v) is 23.8. The molecule has 0 aliphatic rings. The molecule has 0 aliphatic heterocycles. The molecular formula is C30H37N3O5S. The minimum atomic E-state index is -3.88. The first-order valence-corrected chi connectivity index (χ1v) is 14.8. The van der Waals surface area contributed by atoms with Crippen LogP contribution < -0.4 is 14.4 Å². The van der Waals surface area contributed by atoms with Gasteiger partial charge in [0.2, 0.25) is 21.8 Å². The number of nitrogens with one attached hydrogen (secondary N) is 1. The molecule has 3 aromatic carbocycles. The molecular weight excluding hydrogens is 514 g/mol. The summed E-state index contributed by atoms with van der Waals surface area (Å²) in [5.74, 6) is -0.448. The number of sulfonamides is 1. The van der Waals surface area contributed by atoms with Crippen LogP contribution >= 0.6 is 0 Å². The molecule has 39 heavy (non-hydrogen) atoms. The molecule has 0 saturated heterocycles. The number of anilines is 1. The molecule has 0 fully saturated rings. The highest BCUT2D eigenvalue weighted by molar-refractivity contribution is 7.92. The Balaban J connectivity index is 2.06. The molecule has 0 bridgehead atoms. The number of benzene rings is 3. The Kier molecular flexibility index (Phi) is 10.5. The molecule has 0 heterocycles. The lowest BCUT2D eigenvalue weighted by molar-refractivity contribution is -0.140. The fourth-order valence-electron chi connectivity index (χ4n) is 4.39. The van der Waals surface area contributed by atoms with Crippen LogP contribution in [0, 0.1) is 6.92 Å². The van der Waals surface area contributed by atoms with Crippen molar-refractivity contribution in [2.45, 2.75) is 39.8 Å². The number of amides is 2. The molecule has 2 amide bonds. The minimum absolute atomic E-state index is 0.139. The Morgan fingerprint density at radius 1 is 0.923 bits per heavy atom. The van der Waals surface area contributed by atoms with Crippen molar-refractivity contribution in [1.82, 2.24) is 10.2 Å². The molecule has 0 radical (unpaired) electrons. The summed E-state index contributed by atoms with van der Waals surface area (Å²) in [5, 5.41) is 2.85. The van der Waals surface area contributed by atoms with Crippen molar-refractivity contribution < 1.29 is 22.7 Å². The molecule has 0 spiro atoms. The molecule has 9 heteroatoms. The fraction of sp³-hybridized carbons (Fsp3) is 0.333. The van der Waals surface area contributed by atoms with Gasteiger partial charge in [0, 0.05) is 19.5 Å². The summed E-state index contributed by atoms with van der Waals surface area (Å²) in [5.41, 5.74) is 3.01. The average molecular weight is 552 g/mol. The standard InChI is InChI=1S/C30H37N3O5S/c1-5-31-30(35)27(20-24-14-8-7-9-15-24)32(21-25-16-12-13-23(3)19-25)29(34)22-33(39(4,36)37)26-17-10-11-18-28(26)38-6-2/h7-19,27H,5-6,20-22H2,1-4H3,(H,31,35)/t27-/m1/s1. The van der Waals surface area contributed by atoms with E-state index in [1.165, 1.54) is 4.90 Å². The van der Waals surface area contributed by atoms with Gasteiger partial charge in [-0.25, -0.2) is 8.42 Å². The highest BCUT2D eigenvalue weighted by atomic mass is 32.2. The van der Waals surface area contributed by atoms with Gasteiger partial charge in [-0.05, 0) is 44.0 Å². The smallest absolute Gasteiger partial charge is 0.244 e. The molecule has 1 atom stereocenters. The number of ether oxygens (including phenoxy) is 1. The van der Waals surface area contributed by atoms with Crippen LogP contribution in [0.4, 0.5) is 5.69 Å². The molecule has 1 N–H and O–H groups in total. The Bertz CT molecular complexity index is 1360. The maximum absolute atomic E-state index is 14.1. The van der Waals surface area contributed by atoms with Gasteiger partial charge < -0.3 is 15.0 Å². The number of hydrogen-bond acceptors (Lipinski definition) is 5. The van der Waals surface area contributed by atoms with E-state index in [9.17, 15) is 18.0 Å². The summed E-state index contributed by atoms with van der Waals surface area (Å²) in [6.45, 7) is 5.96.